The Labute approximate surface area is 158 Å². The number of anilines is 2. The predicted molar refractivity (Wildman–Crippen MR) is 107 cm³/mol. The van der Waals surface area contributed by atoms with Crippen LogP contribution >= 0.6 is 0 Å². The van der Waals surface area contributed by atoms with Crippen LogP contribution in [0.15, 0.2) is 48.5 Å². The second-order valence-corrected chi connectivity index (χ2v) is 7.42. The van der Waals surface area contributed by atoms with Crippen molar-refractivity contribution >= 4 is 28.4 Å². The van der Waals surface area contributed by atoms with Crippen LogP contribution in [0.25, 0.3) is 11.0 Å². The zero-order valence-electron chi connectivity index (χ0n) is 15.4. The summed E-state index contributed by atoms with van der Waals surface area (Å²) in [6, 6.07) is 16.2. The molecule has 5 rings (SSSR count). The third-order valence-electron chi connectivity index (χ3n) is 5.71. The largest absolute Gasteiger partial charge is 0.354 e. The molecule has 27 heavy (non-hydrogen) atoms. The summed E-state index contributed by atoms with van der Waals surface area (Å²) < 4.78 is 0. The van der Waals surface area contributed by atoms with Gasteiger partial charge in [0.1, 0.15) is 0 Å². The van der Waals surface area contributed by atoms with Crippen molar-refractivity contribution in [1.29, 1.82) is 0 Å². The van der Waals surface area contributed by atoms with Crippen LogP contribution in [0.4, 0.5) is 11.5 Å². The van der Waals surface area contributed by atoms with Crippen LogP contribution in [-0.4, -0.2) is 35.5 Å². The standard InChI is InChI=1S/C22H22N4O/c1-15-21(24-19-8-4-3-7-18(19)23-15)25-12-10-17(14-25)22(27)26-13-11-16-6-2-5-9-20(16)26/h2-9,17H,10-14H2,1H3. The van der Waals surface area contributed by atoms with Crippen molar-refractivity contribution in [3.05, 3.63) is 59.8 Å². The minimum atomic E-state index is 0.0174. The van der Waals surface area contributed by atoms with E-state index >= 15 is 0 Å². The number of hydrogen-bond acceptors (Lipinski definition) is 4. The number of aryl methyl sites for hydroxylation is 1. The Balaban J connectivity index is 1.38. The van der Waals surface area contributed by atoms with Gasteiger partial charge in [0.2, 0.25) is 5.91 Å². The second kappa shape index (κ2) is 6.34. The highest BCUT2D eigenvalue weighted by atomic mass is 16.2. The maximum Gasteiger partial charge on any atom is 0.231 e. The van der Waals surface area contributed by atoms with Crippen molar-refractivity contribution in [2.45, 2.75) is 19.8 Å². The Hall–Kier alpha value is -2.95. The molecule has 0 spiro atoms. The van der Waals surface area contributed by atoms with E-state index in [1.54, 1.807) is 0 Å². The lowest BCUT2D eigenvalue weighted by molar-refractivity contribution is -0.121. The average molecular weight is 358 g/mol. The van der Waals surface area contributed by atoms with Crippen molar-refractivity contribution in [2.24, 2.45) is 5.92 Å². The molecule has 1 atom stereocenters. The number of fused-ring (bicyclic) bond motifs is 2. The molecule has 2 aliphatic rings. The molecule has 136 valence electrons. The normalized spacial score (nSPS) is 18.9. The fraction of sp³-hybridized carbons (Fsp3) is 0.318. The number of hydrogen-bond donors (Lipinski definition) is 0. The van der Waals surface area contributed by atoms with Gasteiger partial charge in [0.15, 0.2) is 5.82 Å². The molecule has 1 fully saturated rings. The lowest BCUT2D eigenvalue weighted by Crippen LogP contribution is -2.36. The summed E-state index contributed by atoms with van der Waals surface area (Å²) in [5.74, 6) is 1.17. The summed E-state index contributed by atoms with van der Waals surface area (Å²) in [4.78, 5) is 26.9. The fourth-order valence-corrected chi connectivity index (χ4v) is 4.32. The first-order chi connectivity index (χ1) is 13.2. The highest BCUT2D eigenvalue weighted by molar-refractivity contribution is 5.97. The zero-order chi connectivity index (χ0) is 18.4. The zero-order valence-corrected chi connectivity index (χ0v) is 15.4. The molecule has 3 heterocycles. The smallest absolute Gasteiger partial charge is 0.231 e. The topological polar surface area (TPSA) is 49.3 Å². The third kappa shape index (κ3) is 2.74. The summed E-state index contributed by atoms with van der Waals surface area (Å²) in [6.45, 7) is 4.36. The maximum atomic E-state index is 13.1. The molecule has 2 aliphatic heterocycles. The van der Waals surface area contributed by atoms with E-state index in [4.69, 9.17) is 9.97 Å². The summed E-state index contributed by atoms with van der Waals surface area (Å²) in [5.41, 5.74) is 5.11. The van der Waals surface area contributed by atoms with Crippen LogP contribution in [0.2, 0.25) is 0 Å². The van der Waals surface area contributed by atoms with Crippen LogP contribution in [0, 0.1) is 12.8 Å². The Morgan fingerprint density at radius 1 is 1.00 bits per heavy atom. The Morgan fingerprint density at radius 3 is 2.59 bits per heavy atom. The molecular formula is C22H22N4O. The number of aromatic nitrogens is 2. The maximum absolute atomic E-state index is 13.1. The van der Waals surface area contributed by atoms with Crippen LogP contribution in [-0.2, 0) is 11.2 Å². The van der Waals surface area contributed by atoms with E-state index < -0.39 is 0 Å². The summed E-state index contributed by atoms with van der Waals surface area (Å²) >= 11 is 0. The van der Waals surface area contributed by atoms with Gasteiger partial charge in [0, 0.05) is 25.3 Å². The quantitative estimate of drug-likeness (QED) is 0.705. The van der Waals surface area contributed by atoms with Gasteiger partial charge in [-0.25, -0.2) is 9.97 Å². The Kier molecular flexibility index (Phi) is 3.81. The van der Waals surface area contributed by atoms with Gasteiger partial charge in [0.25, 0.3) is 0 Å². The van der Waals surface area contributed by atoms with Crippen molar-refractivity contribution < 1.29 is 4.79 Å². The Bertz CT molecular complexity index is 1030. The molecule has 0 aliphatic carbocycles. The van der Waals surface area contributed by atoms with Gasteiger partial charge in [-0.1, -0.05) is 30.3 Å². The molecule has 5 heteroatoms. The van der Waals surface area contributed by atoms with Gasteiger partial charge >= 0.3 is 0 Å². The molecule has 0 bridgehead atoms. The highest BCUT2D eigenvalue weighted by Gasteiger charge is 2.35. The molecule has 0 N–H and O–H groups in total. The van der Waals surface area contributed by atoms with Crippen LogP contribution in [0.1, 0.15) is 17.7 Å². The second-order valence-electron chi connectivity index (χ2n) is 7.42. The van der Waals surface area contributed by atoms with Crippen molar-refractivity contribution in [3.63, 3.8) is 0 Å². The summed E-state index contributed by atoms with van der Waals surface area (Å²) in [7, 11) is 0. The number of carbonyl (C=O) groups excluding carboxylic acids is 1. The van der Waals surface area contributed by atoms with Gasteiger partial charge in [-0.2, -0.15) is 0 Å². The minimum absolute atomic E-state index is 0.0174. The fourth-order valence-electron chi connectivity index (χ4n) is 4.32. The SMILES string of the molecule is Cc1nc2ccccc2nc1N1CCC(C(=O)N2CCc3ccccc32)C1. The Morgan fingerprint density at radius 2 is 1.74 bits per heavy atom. The van der Waals surface area contributed by atoms with Crippen LogP contribution in [0.5, 0.6) is 0 Å². The van der Waals surface area contributed by atoms with Crippen molar-refractivity contribution in [3.8, 4) is 0 Å². The highest BCUT2D eigenvalue weighted by Crippen LogP contribution is 2.32. The minimum Gasteiger partial charge on any atom is -0.354 e. The van der Waals surface area contributed by atoms with Crippen molar-refractivity contribution in [2.75, 3.05) is 29.4 Å². The van der Waals surface area contributed by atoms with Gasteiger partial charge in [-0.3, -0.25) is 4.79 Å². The average Bonchev–Trinajstić information content (AvgIpc) is 3.34. The number of benzene rings is 2. The van der Waals surface area contributed by atoms with E-state index in [2.05, 4.69) is 17.0 Å². The molecule has 1 amide bonds. The first-order valence-corrected chi connectivity index (χ1v) is 9.58. The predicted octanol–water partition coefficient (Wildman–Crippen LogP) is 3.35. The molecule has 1 unspecified atom stereocenters. The molecule has 5 nitrogen and oxygen atoms in total. The van der Waals surface area contributed by atoms with Crippen molar-refractivity contribution in [1.82, 2.24) is 9.97 Å². The molecule has 3 aromatic rings. The number of para-hydroxylation sites is 3. The number of rotatable bonds is 2. The monoisotopic (exact) mass is 358 g/mol. The number of amides is 1. The lowest BCUT2D eigenvalue weighted by atomic mass is 10.1. The van der Waals surface area contributed by atoms with E-state index in [-0.39, 0.29) is 11.8 Å². The van der Waals surface area contributed by atoms with Gasteiger partial charge in [-0.05, 0) is 43.5 Å². The van der Waals surface area contributed by atoms with Crippen LogP contribution in [0.3, 0.4) is 0 Å². The molecule has 1 saturated heterocycles. The van der Waals surface area contributed by atoms with E-state index in [9.17, 15) is 4.79 Å². The third-order valence-corrected chi connectivity index (χ3v) is 5.71. The van der Waals surface area contributed by atoms with Crippen LogP contribution < -0.4 is 9.80 Å². The first-order valence-electron chi connectivity index (χ1n) is 9.58. The number of carbonyl (C=O) groups is 1. The molecule has 1 aromatic heterocycles. The van der Waals surface area contributed by atoms with E-state index in [1.165, 1.54) is 5.56 Å². The van der Waals surface area contributed by atoms with Gasteiger partial charge in [0.05, 0.1) is 22.6 Å². The molecule has 0 saturated carbocycles. The molecule has 2 aromatic carbocycles. The van der Waals surface area contributed by atoms with E-state index in [0.717, 1.165) is 54.2 Å². The molecule has 0 radical (unpaired) electrons. The van der Waals surface area contributed by atoms with E-state index in [0.29, 0.717) is 6.54 Å². The number of nitrogens with zero attached hydrogens (tertiary/aromatic N) is 4. The lowest BCUT2D eigenvalue weighted by Gasteiger charge is -2.23. The van der Waals surface area contributed by atoms with Gasteiger partial charge < -0.3 is 9.80 Å². The molecular weight excluding hydrogens is 336 g/mol. The summed E-state index contributed by atoms with van der Waals surface area (Å²) in [6.07, 6.45) is 1.82. The van der Waals surface area contributed by atoms with E-state index in [1.807, 2.05) is 48.2 Å². The van der Waals surface area contributed by atoms with Gasteiger partial charge in [-0.15, -0.1) is 0 Å². The summed E-state index contributed by atoms with van der Waals surface area (Å²) in [5, 5.41) is 0. The first kappa shape index (κ1) is 16.2.